The third-order valence-electron chi connectivity index (χ3n) is 12.0. The number of hydrogen-bond acceptors (Lipinski definition) is 8. The van der Waals surface area contributed by atoms with Crippen LogP contribution >= 0.6 is 0 Å². The van der Waals surface area contributed by atoms with Gasteiger partial charge in [0, 0.05) is 61.1 Å². The number of amides is 1. The van der Waals surface area contributed by atoms with Gasteiger partial charge in [-0.15, -0.1) is 0 Å². The first-order chi connectivity index (χ1) is 24.1. The highest BCUT2D eigenvalue weighted by Crippen LogP contribution is 2.60. The van der Waals surface area contributed by atoms with Crippen LogP contribution in [0.3, 0.4) is 0 Å². The lowest BCUT2D eigenvalue weighted by molar-refractivity contribution is -0.127. The second kappa shape index (κ2) is 14.5. The van der Waals surface area contributed by atoms with Crippen LogP contribution in [-0.2, 0) is 11.3 Å². The molecule has 282 valence electrons. The molecule has 2 saturated carbocycles. The number of carbonyl (C=O) groups excluding carboxylic acids is 2. The maximum absolute atomic E-state index is 14.1. The molecular weight excluding hydrogens is 659 g/mol. The molecule has 7 rings (SSSR count). The molecule has 51 heavy (non-hydrogen) atoms. The highest BCUT2D eigenvalue weighted by molar-refractivity contribution is 5.95. The smallest absolute Gasteiger partial charge is 0.250 e. The number of rotatable bonds is 11. The van der Waals surface area contributed by atoms with Gasteiger partial charge in [-0.25, -0.2) is 22.8 Å². The molecule has 4 fully saturated rings. The summed E-state index contributed by atoms with van der Waals surface area (Å²) < 4.78 is 43.5. The SMILES string of the molecule is CC(C)C(=O)c1ccnn1CCF.CC1CNC(=O)[C@@H](CC2Nn3cc(C(C)CCC4(C(C)(F)F)CC4)nc3N=C2N2CCN(C)C3(CC3)C2)C1. The largest absolute Gasteiger partial charge is 0.356 e. The van der Waals surface area contributed by atoms with E-state index in [1.54, 1.807) is 6.07 Å². The van der Waals surface area contributed by atoms with Crippen LogP contribution in [0.2, 0.25) is 0 Å². The summed E-state index contributed by atoms with van der Waals surface area (Å²) in [7, 11) is 2.22. The van der Waals surface area contributed by atoms with Gasteiger partial charge in [0.05, 0.1) is 18.4 Å². The average molecular weight is 716 g/mol. The molecule has 3 unspecified atom stereocenters. The maximum Gasteiger partial charge on any atom is 0.250 e. The molecule has 3 aliphatic heterocycles. The number of aliphatic imine (C=N–C) groups is 1. The Balaban J connectivity index is 0.000000292. The van der Waals surface area contributed by atoms with Crippen molar-refractivity contribution in [2.75, 3.05) is 45.3 Å². The van der Waals surface area contributed by atoms with Crippen LogP contribution in [0.5, 0.6) is 0 Å². The average Bonchev–Trinajstić information content (AvgIpc) is 3.96. The molecule has 2 aromatic rings. The molecule has 2 aliphatic carbocycles. The third kappa shape index (κ3) is 8.00. The lowest BCUT2D eigenvalue weighted by Gasteiger charge is -2.44. The highest BCUT2D eigenvalue weighted by Gasteiger charge is 2.58. The summed E-state index contributed by atoms with van der Waals surface area (Å²) >= 11 is 0. The first kappa shape index (κ1) is 37.3. The summed E-state index contributed by atoms with van der Waals surface area (Å²) in [5.41, 5.74) is 4.43. The van der Waals surface area contributed by atoms with Gasteiger partial charge >= 0.3 is 0 Å². The van der Waals surface area contributed by atoms with E-state index in [1.807, 2.05) is 24.7 Å². The normalized spacial score (nSPS) is 25.7. The van der Waals surface area contributed by atoms with Gasteiger partial charge in [-0.1, -0.05) is 27.7 Å². The number of piperazine rings is 1. The van der Waals surface area contributed by atoms with Crippen molar-refractivity contribution in [1.29, 1.82) is 0 Å². The van der Waals surface area contributed by atoms with Crippen LogP contribution in [0, 0.1) is 23.2 Å². The van der Waals surface area contributed by atoms with Crippen molar-refractivity contribution in [3.05, 3.63) is 29.8 Å². The minimum Gasteiger partial charge on any atom is -0.356 e. The standard InChI is InChI=1S/C28H43F2N7O.C9H13FN2O/c1-18-13-20(24(38)31-15-18)14-21-23(36-12-11-35(4)28(17-36)9-10-28)33-25-32-22(16-37(25)34-21)19(2)5-6-27(7-8-27)26(3,29)30;1-7(2)9(13)8-3-5-11-12(8)6-4-10/h16,18-21,34H,5-15,17H2,1-4H3,(H,31,38);3,5,7H,4,6H2,1-2H3/t18?,19?,20-,21?;/m1./s1. The van der Waals surface area contributed by atoms with Crippen LogP contribution in [0.25, 0.3) is 0 Å². The summed E-state index contributed by atoms with van der Waals surface area (Å²) in [5.74, 6) is -0.497. The van der Waals surface area contributed by atoms with E-state index in [9.17, 15) is 22.8 Å². The van der Waals surface area contributed by atoms with E-state index in [2.05, 4.69) is 46.5 Å². The van der Waals surface area contributed by atoms with E-state index in [1.165, 1.54) is 23.7 Å². The van der Waals surface area contributed by atoms with Gasteiger partial charge in [0.25, 0.3) is 11.9 Å². The number of aryl methyl sites for hydroxylation is 1. The maximum atomic E-state index is 14.1. The Hall–Kier alpha value is -3.42. The number of nitrogens with one attached hydrogen (secondary N) is 2. The number of piperidine rings is 1. The number of nitrogens with zero attached hydrogens (tertiary/aromatic N) is 7. The summed E-state index contributed by atoms with van der Waals surface area (Å²) in [6.45, 7) is 12.2. The molecule has 14 heteroatoms. The monoisotopic (exact) mass is 715 g/mol. The topological polar surface area (TPSA) is 113 Å². The molecule has 1 amide bonds. The number of hydrogen-bond donors (Lipinski definition) is 2. The molecule has 0 aromatic carbocycles. The number of amidine groups is 1. The Morgan fingerprint density at radius 3 is 2.55 bits per heavy atom. The molecule has 5 heterocycles. The van der Waals surface area contributed by atoms with E-state index in [0.717, 1.165) is 51.1 Å². The van der Waals surface area contributed by atoms with Crippen LogP contribution in [0.15, 0.2) is 23.5 Å². The van der Waals surface area contributed by atoms with Gasteiger partial charge < -0.3 is 15.6 Å². The minimum atomic E-state index is -2.63. The van der Waals surface area contributed by atoms with Crippen molar-refractivity contribution in [2.45, 2.75) is 116 Å². The van der Waals surface area contributed by atoms with Crippen LogP contribution in [0.1, 0.15) is 108 Å². The molecular formula is C37H56F3N9O2. The lowest BCUT2D eigenvalue weighted by atomic mass is 9.86. The number of halogens is 3. The first-order valence-corrected chi connectivity index (χ1v) is 18.8. The summed E-state index contributed by atoms with van der Waals surface area (Å²) in [5, 5.41) is 6.94. The molecule has 2 aromatic heterocycles. The van der Waals surface area contributed by atoms with Crippen LogP contribution in [0.4, 0.5) is 19.1 Å². The molecule has 2 N–H and O–H groups in total. The van der Waals surface area contributed by atoms with E-state index in [4.69, 9.17) is 9.98 Å². The lowest BCUT2D eigenvalue weighted by Crippen LogP contribution is -2.59. The minimum absolute atomic E-state index is 0.00551. The number of imidazole rings is 1. The number of likely N-dealkylation sites (N-methyl/N-ethyl adjacent to an activating group) is 1. The predicted octanol–water partition coefficient (Wildman–Crippen LogP) is 5.79. The Bertz CT molecular complexity index is 1590. The quantitative estimate of drug-likeness (QED) is 0.284. The number of Topliss-reactive ketones (excluding diaryl/α,β-unsaturated/α-hetero) is 1. The second-order valence-electron chi connectivity index (χ2n) is 16.3. The van der Waals surface area contributed by atoms with Crippen molar-refractivity contribution in [2.24, 2.45) is 28.2 Å². The Labute approximate surface area is 299 Å². The van der Waals surface area contributed by atoms with Gasteiger partial charge in [-0.2, -0.15) is 10.1 Å². The van der Waals surface area contributed by atoms with Crippen LogP contribution < -0.4 is 10.7 Å². The van der Waals surface area contributed by atoms with Crippen molar-refractivity contribution < 1.29 is 22.8 Å². The van der Waals surface area contributed by atoms with Crippen molar-refractivity contribution in [1.82, 2.24) is 34.6 Å². The van der Waals surface area contributed by atoms with Gasteiger partial charge in [0.2, 0.25) is 5.91 Å². The van der Waals surface area contributed by atoms with E-state index in [0.29, 0.717) is 49.7 Å². The zero-order valence-corrected chi connectivity index (χ0v) is 31.1. The molecule has 0 radical (unpaired) electrons. The van der Waals surface area contributed by atoms with Crippen LogP contribution in [-0.4, -0.2) is 104 Å². The van der Waals surface area contributed by atoms with Gasteiger partial charge in [0.15, 0.2) is 5.78 Å². The van der Waals surface area contributed by atoms with Gasteiger partial charge in [-0.05, 0) is 77.3 Å². The number of carbonyl (C=O) groups is 2. The molecule has 4 atom stereocenters. The van der Waals surface area contributed by atoms with E-state index < -0.39 is 18.0 Å². The fourth-order valence-corrected chi connectivity index (χ4v) is 7.98. The number of ketones is 1. The Morgan fingerprint density at radius 2 is 1.90 bits per heavy atom. The number of alkyl halides is 3. The van der Waals surface area contributed by atoms with E-state index >= 15 is 0 Å². The molecule has 5 aliphatic rings. The second-order valence-corrected chi connectivity index (χ2v) is 16.3. The summed E-state index contributed by atoms with van der Waals surface area (Å²) in [6.07, 6.45) is 9.91. The molecule has 1 spiro atoms. The fourth-order valence-electron chi connectivity index (χ4n) is 7.98. The third-order valence-corrected chi connectivity index (χ3v) is 12.0. The van der Waals surface area contributed by atoms with Gasteiger partial charge in [-0.3, -0.25) is 19.2 Å². The first-order valence-electron chi connectivity index (χ1n) is 18.8. The zero-order valence-electron chi connectivity index (χ0n) is 31.1. The Morgan fingerprint density at radius 1 is 1.16 bits per heavy atom. The Kier molecular flexibility index (Phi) is 10.6. The molecule has 11 nitrogen and oxygen atoms in total. The van der Waals surface area contributed by atoms with Crippen molar-refractivity contribution >= 4 is 23.5 Å². The van der Waals surface area contributed by atoms with E-state index in [-0.39, 0.29) is 47.6 Å². The van der Waals surface area contributed by atoms with Gasteiger partial charge in [0.1, 0.15) is 24.2 Å². The predicted molar refractivity (Wildman–Crippen MR) is 191 cm³/mol. The molecule has 2 saturated heterocycles. The zero-order chi connectivity index (χ0) is 36.7. The number of fused-ring (bicyclic) bond motifs is 1. The summed E-state index contributed by atoms with van der Waals surface area (Å²) in [4.78, 5) is 39.1. The summed E-state index contributed by atoms with van der Waals surface area (Å²) in [6, 6.07) is 1.53. The molecule has 0 bridgehead atoms. The fraction of sp³-hybridized carbons (Fsp3) is 0.757. The highest BCUT2D eigenvalue weighted by atomic mass is 19.3. The van der Waals surface area contributed by atoms with Crippen molar-refractivity contribution in [3.63, 3.8) is 0 Å². The number of aromatic nitrogens is 4. The van der Waals surface area contributed by atoms with Crippen molar-refractivity contribution in [3.8, 4) is 0 Å².